The summed E-state index contributed by atoms with van der Waals surface area (Å²) in [5, 5.41) is 7.63. The van der Waals surface area contributed by atoms with E-state index >= 15 is 0 Å². The van der Waals surface area contributed by atoms with E-state index in [2.05, 4.69) is 39.6 Å². The Kier molecular flexibility index (Phi) is 4.97. The first kappa shape index (κ1) is 17.8. The Morgan fingerprint density at radius 1 is 1.15 bits per heavy atom. The van der Waals surface area contributed by atoms with Gasteiger partial charge in [0.25, 0.3) is 5.56 Å². The number of hydrogen-bond acceptors (Lipinski definition) is 4. The number of anilines is 1. The van der Waals surface area contributed by atoms with Crippen molar-refractivity contribution in [3.63, 3.8) is 0 Å². The molecule has 142 valence electrons. The molecule has 2 aromatic rings. The van der Waals surface area contributed by atoms with Gasteiger partial charge in [-0.15, -0.1) is 0 Å². The van der Waals surface area contributed by atoms with Gasteiger partial charge in [0.15, 0.2) is 0 Å². The number of benzene rings is 1. The van der Waals surface area contributed by atoms with E-state index in [1.165, 1.54) is 21.9 Å². The molecule has 1 aliphatic heterocycles. The highest BCUT2D eigenvalue weighted by molar-refractivity contribution is 5.80. The van der Waals surface area contributed by atoms with Crippen molar-refractivity contribution in [2.75, 3.05) is 18.0 Å². The minimum Gasteiger partial charge on any atom is -0.354 e. The van der Waals surface area contributed by atoms with Crippen LogP contribution in [0.2, 0.25) is 0 Å². The Balaban J connectivity index is 1.45. The van der Waals surface area contributed by atoms with E-state index in [0.29, 0.717) is 6.54 Å². The van der Waals surface area contributed by atoms with Gasteiger partial charge in [0.2, 0.25) is 5.91 Å². The highest BCUT2D eigenvalue weighted by Crippen LogP contribution is 2.30. The maximum Gasteiger partial charge on any atom is 0.266 e. The van der Waals surface area contributed by atoms with Crippen molar-refractivity contribution in [2.45, 2.75) is 38.1 Å². The zero-order chi connectivity index (χ0) is 18.8. The van der Waals surface area contributed by atoms with Crippen LogP contribution in [0.1, 0.15) is 42.9 Å². The van der Waals surface area contributed by atoms with Gasteiger partial charge in [0.05, 0.1) is 12.0 Å². The average Bonchev–Trinajstić information content (AvgIpc) is 2.70. The first-order chi connectivity index (χ1) is 13.1. The number of aryl methyl sites for hydroxylation is 2. The molecule has 0 unspecified atom stereocenters. The highest BCUT2D eigenvalue weighted by atomic mass is 16.2. The normalized spacial score (nSPS) is 22.2. The third-order valence-electron chi connectivity index (χ3n) is 5.75. The summed E-state index contributed by atoms with van der Waals surface area (Å²) < 4.78 is 1.35. The minimum atomic E-state index is -0.124. The molecule has 27 heavy (non-hydrogen) atoms. The van der Waals surface area contributed by atoms with Crippen molar-refractivity contribution < 1.29 is 4.79 Å². The van der Waals surface area contributed by atoms with Crippen LogP contribution >= 0.6 is 0 Å². The molecular weight excluding hydrogens is 340 g/mol. The average molecular weight is 366 g/mol. The Bertz CT molecular complexity index is 892. The first-order valence-electron chi connectivity index (χ1n) is 9.79. The van der Waals surface area contributed by atoms with Crippen molar-refractivity contribution >= 4 is 11.7 Å². The van der Waals surface area contributed by atoms with Gasteiger partial charge >= 0.3 is 0 Å². The van der Waals surface area contributed by atoms with Crippen LogP contribution in [0.25, 0.3) is 0 Å². The van der Waals surface area contributed by atoms with Crippen LogP contribution < -0.4 is 15.8 Å². The SMILES string of the molecule is Cn1nc(N2CCC[C@@H](C(=O)N[C@@H]3CCCc4ccccc43)C2)ccc1=O. The molecule has 6 nitrogen and oxygen atoms in total. The van der Waals surface area contributed by atoms with Gasteiger partial charge in [-0.3, -0.25) is 9.59 Å². The zero-order valence-electron chi connectivity index (χ0n) is 15.7. The number of rotatable bonds is 3. The number of carbonyl (C=O) groups excluding carboxylic acids is 1. The molecule has 1 aromatic carbocycles. The smallest absolute Gasteiger partial charge is 0.266 e. The first-order valence-corrected chi connectivity index (χ1v) is 9.79. The van der Waals surface area contributed by atoms with E-state index in [9.17, 15) is 9.59 Å². The van der Waals surface area contributed by atoms with Crippen LogP contribution in [0.5, 0.6) is 0 Å². The fourth-order valence-electron chi connectivity index (χ4n) is 4.25. The molecule has 2 atom stereocenters. The molecule has 1 saturated heterocycles. The molecule has 1 aliphatic carbocycles. The molecule has 1 aromatic heterocycles. The topological polar surface area (TPSA) is 67.2 Å². The number of carbonyl (C=O) groups is 1. The van der Waals surface area contributed by atoms with Gasteiger partial charge in [-0.25, -0.2) is 4.68 Å². The van der Waals surface area contributed by atoms with Crippen molar-refractivity contribution in [2.24, 2.45) is 13.0 Å². The Morgan fingerprint density at radius 3 is 2.85 bits per heavy atom. The van der Waals surface area contributed by atoms with Crippen molar-refractivity contribution in [1.82, 2.24) is 15.1 Å². The molecule has 0 radical (unpaired) electrons. The van der Waals surface area contributed by atoms with E-state index in [-0.39, 0.29) is 23.4 Å². The second-order valence-electron chi connectivity index (χ2n) is 7.59. The fraction of sp³-hybridized carbons (Fsp3) is 0.476. The van der Waals surface area contributed by atoms with Crippen molar-refractivity contribution in [3.8, 4) is 0 Å². The molecule has 1 N–H and O–H groups in total. The van der Waals surface area contributed by atoms with Gasteiger partial charge < -0.3 is 10.2 Å². The quantitative estimate of drug-likeness (QED) is 0.904. The van der Waals surface area contributed by atoms with Crippen molar-refractivity contribution in [1.29, 1.82) is 0 Å². The lowest BCUT2D eigenvalue weighted by molar-refractivity contribution is -0.126. The maximum atomic E-state index is 13.0. The van der Waals surface area contributed by atoms with Gasteiger partial charge in [0, 0.05) is 26.2 Å². The number of fused-ring (bicyclic) bond motifs is 1. The van der Waals surface area contributed by atoms with E-state index in [4.69, 9.17) is 0 Å². The second kappa shape index (κ2) is 7.55. The number of piperidine rings is 1. The molecule has 0 saturated carbocycles. The molecule has 2 heterocycles. The van der Waals surface area contributed by atoms with Crippen molar-refractivity contribution in [3.05, 3.63) is 57.9 Å². The number of hydrogen-bond donors (Lipinski definition) is 1. The molecule has 2 aliphatic rings. The lowest BCUT2D eigenvalue weighted by Crippen LogP contribution is -2.45. The minimum absolute atomic E-state index is 0.0492. The third-order valence-corrected chi connectivity index (χ3v) is 5.75. The largest absolute Gasteiger partial charge is 0.354 e. The van der Waals surface area contributed by atoms with E-state index < -0.39 is 0 Å². The lowest BCUT2D eigenvalue weighted by Gasteiger charge is -2.34. The van der Waals surface area contributed by atoms with Crippen LogP contribution in [0.15, 0.2) is 41.2 Å². The maximum absolute atomic E-state index is 13.0. The molecule has 1 amide bonds. The summed E-state index contributed by atoms with van der Waals surface area (Å²) in [6.45, 7) is 1.51. The van der Waals surface area contributed by atoms with Gasteiger partial charge in [-0.05, 0) is 49.3 Å². The summed E-state index contributed by atoms with van der Waals surface area (Å²) in [5.41, 5.74) is 2.50. The van der Waals surface area contributed by atoms with E-state index in [1.54, 1.807) is 13.1 Å². The van der Waals surface area contributed by atoms with E-state index in [0.717, 1.165) is 44.5 Å². The zero-order valence-corrected chi connectivity index (χ0v) is 15.7. The number of nitrogens with zero attached hydrogens (tertiary/aromatic N) is 3. The number of amides is 1. The Morgan fingerprint density at radius 2 is 2.00 bits per heavy atom. The number of aromatic nitrogens is 2. The molecule has 0 spiro atoms. The second-order valence-corrected chi connectivity index (χ2v) is 7.59. The lowest BCUT2D eigenvalue weighted by atomic mass is 9.87. The number of nitrogens with one attached hydrogen (secondary N) is 1. The summed E-state index contributed by atoms with van der Waals surface area (Å²) in [6.07, 6.45) is 5.05. The molecule has 4 rings (SSSR count). The summed E-state index contributed by atoms with van der Waals surface area (Å²) in [7, 11) is 1.65. The highest BCUT2D eigenvalue weighted by Gasteiger charge is 2.29. The van der Waals surface area contributed by atoms with Gasteiger partial charge in [-0.1, -0.05) is 24.3 Å². The predicted octanol–water partition coefficient (Wildman–Crippen LogP) is 2.19. The predicted molar refractivity (Wildman–Crippen MR) is 105 cm³/mol. The summed E-state index contributed by atoms with van der Waals surface area (Å²) in [6, 6.07) is 11.8. The summed E-state index contributed by atoms with van der Waals surface area (Å²) >= 11 is 0. The van der Waals surface area contributed by atoms with Gasteiger partial charge in [-0.2, -0.15) is 5.10 Å². The molecular formula is C21H26N4O2. The standard InChI is InChI=1S/C21H26N4O2/c1-24-20(26)12-11-19(23-24)25-13-5-8-16(14-25)21(27)22-18-10-4-7-15-6-2-3-9-17(15)18/h2-3,6,9,11-12,16,18H,4-5,7-8,10,13-14H2,1H3,(H,22,27)/t16-,18-/m1/s1. The summed E-state index contributed by atoms with van der Waals surface area (Å²) in [4.78, 5) is 26.6. The third kappa shape index (κ3) is 3.75. The van der Waals surface area contributed by atoms with Gasteiger partial charge in [0.1, 0.15) is 5.82 Å². The van der Waals surface area contributed by atoms with Crippen LogP contribution in [0.3, 0.4) is 0 Å². The molecule has 1 fully saturated rings. The molecule has 6 heteroatoms. The van der Waals surface area contributed by atoms with Crippen LogP contribution in [-0.4, -0.2) is 28.8 Å². The van der Waals surface area contributed by atoms with Crippen LogP contribution in [0.4, 0.5) is 5.82 Å². The van der Waals surface area contributed by atoms with Crippen LogP contribution in [0, 0.1) is 5.92 Å². The monoisotopic (exact) mass is 366 g/mol. The fourth-order valence-corrected chi connectivity index (χ4v) is 4.25. The summed E-state index contributed by atoms with van der Waals surface area (Å²) in [5.74, 6) is 0.843. The molecule has 0 bridgehead atoms. The van der Waals surface area contributed by atoms with E-state index in [1.807, 2.05) is 0 Å². The van der Waals surface area contributed by atoms with Crippen LogP contribution in [-0.2, 0) is 18.3 Å². The Hall–Kier alpha value is -2.63. The Labute approximate surface area is 159 Å².